The molecule has 1 amide bonds. The Labute approximate surface area is 91.8 Å². The van der Waals surface area contributed by atoms with Crippen molar-refractivity contribution in [2.75, 3.05) is 33.4 Å². The van der Waals surface area contributed by atoms with Crippen molar-refractivity contribution in [2.45, 2.75) is 19.8 Å². The maximum atomic E-state index is 12.0. The summed E-state index contributed by atoms with van der Waals surface area (Å²) in [5, 5.41) is 0. The molecular weight excluding hydrogens is 192 g/mol. The van der Waals surface area contributed by atoms with E-state index >= 15 is 0 Å². The summed E-state index contributed by atoms with van der Waals surface area (Å²) in [6.45, 7) is 4.80. The van der Waals surface area contributed by atoms with Crippen LogP contribution in [0.5, 0.6) is 0 Å². The molecular formula is C11H22N2O2. The van der Waals surface area contributed by atoms with E-state index in [1.54, 1.807) is 7.11 Å². The zero-order valence-electron chi connectivity index (χ0n) is 9.74. The fourth-order valence-corrected chi connectivity index (χ4v) is 2.09. The number of hydrogen-bond acceptors (Lipinski definition) is 3. The number of amides is 1. The van der Waals surface area contributed by atoms with E-state index in [4.69, 9.17) is 10.5 Å². The number of likely N-dealkylation sites (tertiary alicyclic amines) is 1. The molecule has 1 fully saturated rings. The van der Waals surface area contributed by atoms with E-state index in [9.17, 15) is 4.79 Å². The summed E-state index contributed by atoms with van der Waals surface area (Å²) >= 11 is 0. The summed E-state index contributed by atoms with van der Waals surface area (Å²) in [5.41, 5.74) is 5.64. The van der Waals surface area contributed by atoms with Crippen molar-refractivity contribution < 1.29 is 9.53 Å². The average molecular weight is 214 g/mol. The Morgan fingerprint density at radius 3 is 3.00 bits per heavy atom. The second-order valence-electron chi connectivity index (χ2n) is 4.38. The Balaban J connectivity index is 2.44. The SMILES string of the molecule is COCC(C)C(=O)N1CCCC(CN)C1. The van der Waals surface area contributed by atoms with Gasteiger partial charge < -0.3 is 15.4 Å². The van der Waals surface area contributed by atoms with Gasteiger partial charge in [0.1, 0.15) is 0 Å². The lowest BCUT2D eigenvalue weighted by Gasteiger charge is -2.33. The third-order valence-electron chi connectivity index (χ3n) is 3.00. The van der Waals surface area contributed by atoms with Gasteiger partial charge in [-0.15, -0.1) is 0 Å². The van der Waals surface area contributed by atoms with Gasteiger partial charge in [0.05, 0.1) is 12.5 Å². The molecule has 1 aliphatic heterocycles. The standard InChI is InChI=1S/C11H22N2O2/c1-9(8-15-2)11(14)13-5-3-4-10(6-12)7-13/h9-10H,3-8,12H2,1-2H3. The lowest BCUT2D eigenvalue weighted by atomic mass is 9.97. The number of carbonyl (C=O) groups is 1. The van der Waals surface area contributed by atoms with Crippen molar-refractivity contribution in [3.05, 3.63) is 0 Å². The number of ether oxygens (including phenoxy) is 1. The molecule has 4 heteroatoms. The highest BCUT2D eigenvalue weighted by atomic mass is 16.5. The van der Waals surface area contributed by atoms with Crippen LogP contribution in [0.1, 0.15) is 19.8 Å². The van der Waals surface area contributed by atoms with Crippen molar-refractivity contribution in [1.82, 2.24) is 4.90 Å². The van der Waals surface area contributed by atoms with Gasteiger partial charge >= 0.3 is 0 Å². The maximum Gasteiger partial charge on any atom is 0.227 e. The minimum Gasteiger partial charge on any atom is -0.384 e. The van der Waals surface area contributed by atoms with Gasteiger partial charge in [0.15, 0.2) is 0 Å². The molecule has 2 atom stereocenters. The van der Waals surface area contributed by atoms with Gasteiger partial charge in [0.2, 0.25) is 5.91 Å². The average Bonchev–Trinajstić information content (AvgIpc) is 2.28. The van der Waals surface area contributed by atoms with Crippen LogP contribution in [0.3, 0.4) is 0 Å². The zero-order chi connectivity index (χ0) is 11.3. The van der Waals surface area contributed by atoms with E-state index in [-0.39, 0.29) is 11.8 Å². The fraction of sp³-hybridized carbons (Fsp3) is 0.909. The van der Waals surface area contributed by atoms with Crippen LogP contribution in [0.25, 0.3) is 0 Å². The quantitative estimate of drug-likeness (QED) is 0.740. The lowest BCUT2D eigenvalue weighted by Crippen LogP contribution is -2.44. The number of piperidine rings is 1. The molecule has 1 aliphatic rings. The second kappa shape index (κ2) is 6.08. The van der Waals surface area contributed by atoms with Crippen LogP contribution in [-0.4, -0.2) is 44.2 Å². The molecule has 0 aromatic heterocycles. The first-order chi connectivity index (χ1) is 7.19. The number of nitrogens with two attached hydrogens (primary N) is 1. The summed E-state index contributed by atoms with van der Waals surface area (Å²) in [6.07, 6.45) is 2.23. The van der Waals surface area contributed by atoms with Crippen molar-refractivity contribution in [3.8, 4) is 0 Å². The Morgan fingerprint density at radius 2 is 2.40 bits per heavy atom. The van der Waals surface area contributed by atoms with E-state index in [0.717, 1.165) is 25.9 Å². The van der Waals surface area contributed by atoms with Crippen molar-refractivity contribution in [1.29, 1.82) is 0 Å². The predicted octanol–water partition coefficient (Wildman–Crippen LogP) is 0.466. The molecule has 0 aromatic rings. The highest BCUT2D eigenvalue weighted by Crippen LogP contribution is 2.17. The molecule has 0 aromatic carbocycles. The Kier molecular flexibility index (Phi) is 5.05. The summed E-state index contributed by atoms with van der Waals surface area (Å²) in [7, 11) is 1.63. The first kappa shape index (κ1) is 12.5. The van der Waals surface area contributed by atoms with Crippen LogP contribution < -0.4 is 5.73 Å². The first-order valence-corrected chi connectivity index (χ1v) is 5.66. The Hall–Kier alpha value is -0.610. The van der Waals surface area contributed by atoms with E-state index in [1.807, 2.05) is 11.8 Å². The number of nitrogens with zero attached hydrogens (tertiary/aromatic N) is 1. The Morgan fingerprint density at radius 1 is 1.67 bits per heavy atom. The van der Waals surface area contributed by atoms with Crippen molar-refractivity contribution in [2.24, 2.45) is 17.6 Å². The molecule has 0 aliphatic carbocycles. The van der Waals surface area contributed by atoms with Crippen LogP contribution in [-0.2, 0) is 9.53 Å². The highest BCUT2D eigenvalue weighted by Gasteiger charge is 2.25. The summed E-state index contributed by atoms with van der Waals surface area (Å²) in [5.74, 6) is 0.652. The summed E-state index contributed by atoms with van der Waals surface area (Å²) < 4.78 is 5.00. The van der Waals surface area contributed by atoms with Gasteiger partial charge in [0.25, 0.3) is 0 Å². The minimum atomic E-state index is -0.0356. The third kappa shape index (κ3) is 3.47. The minimum absolute atomic E-state index is 0.0356. The third-order valence-corrected chi connectivity index (χ3v) is 3.00. The number of methoxy groups -OCH3 is 1. The topological polar surface area (TPSA) is 55.6 Å². The summed E-state index contributed by atoms with van der Waals surface area (Å²) in [4.78, 5) is 13.9. The van der Waals surface area contributed by atoms with Gasteiger partial charge in [0, 0.05) is 20.2 Å². The largest absolute Gasteiger partial charge is 0.384 e. The molecule has 0 spiro atoms. The molecule has 2 N–H and O–H groups in total. The molecule has 0 saturated carbocycles. The van der Waals surface area contributed by atoms with Crippen molar-refractivity contribution >= 4 is 5.91 Å². The van der Waals surface area contributed by atoms with E-state index in [1.165, 1.54) is 0 Å². The molecule has 0 radical (unpaired) electrons. The van der Waals surface area contributed by atoms with Gasteiger partial charge in [-0.2, -0.15) is 0 Å². The number of hydrogen-bond donors (Lipinski definition) is 1. The van der Waals surface area contributed by atoms with Crippen LogP contribution in [0.15, 0.2) is 0 Å². The lowest BCUT2D eigenvalue weighted by molar-refractivity contribution is -0.138. The van der Waals surface area contributed by atoms with Gasteiger partial charge in [-0.05, 0) is 25.3 Å². The molecule has 1 saturated heterocycles. The predicted molar refractivity (Wildman–Crippen MR) is 59.4 cm³/mol. The van der Waals surface area contributed by atoms with E-state index in [2.05, 4.69) is 0 Å². The molecule has 1 rings (SSSR count). The highest BCUT2D eigenvalue weighted by molar-refractivity contribution is 5.78. The maximum absolute atomic E-state index is 12.0. The molecule has 15 heavy (non-hydrogen) atoms. The molecule has 88 valence electrons. The van der Waals surface area contributed by atoms with Crippen LogP contribution >= 0.6 is 0 Å². The molecule has 4 nitrogen and oxygen atoms in total. The second-order valence-corrected chi connectivity index (χ2v) is 4.38. The fourth-order valence-electron chi connectivity index (χ4n) is 2.09. The number of carbonyl (C=O) groups excluding carboxylic acids is 1. The molecule has 2 unspecified atom stereocenters. The van der Waals surface area contributed by atoms with Crippen LogP contribution in [0, 0.1) is 11.8 Å². The van der Waals surface area contributed by atoms with Gasteiger partial charge in [-0.1, -0.05) is 6.92 Å². The van der Waals surface area contributed by atoms with Gasteiger partial charge in [-0.3, -0.25) is 4.79 Å². The first-order valence-electron chi connectivity index (χ1n) is 5.66. The zero-order valence-corrected chi connectivity index (χ0v) is 9.74. The van der Waals surface area contributed by atoms with E-state index < -0.39 is 0 Å². The smallest absolute Gasteiger partial charge is 0.227 e. The normalized spacial score (nSPS) is 23.9. The summed E-state index contributed by atoms with van der Waals surface area (Å²) in [6, 6.07) is 0. The van der Waals surface area contributed by atoms with Crippen LogP contribution in [0.2, 0.25) is 0 Å². The molecule has 1 heterocycles. The monoisotopic (exact) mass is 214 g/mol. The van der Waals surface area contributed by atoms with E-state index in [0.29, 0.717) is 19.1 Å². The number of rotatable bonds is 4. The Bertz CT molecular complexity index is 209. The van der Waals surface area contributed by atoms with Crippen LogP contribution in [0.4, 0.5) is 0 Å². The molecule has 0 bridgehead atoms. The van der Waals surface area contributed by atoms with Gasteiger partial charge in [-0.25, -0.2) is 0 Å². The van der Waals surface area contributed by atoms with Crippen molar-refractivity contribution in [3.63, 3.8) is 0 Å².